The molecular formula is C23H34FN3O3. The molecule has 1 saturated carbocycles. The van der Waals surface area contributed by atoms with Gasteiger partial charge in [0.15, 0.2) is 0 Å². The lowest BCUT2D eigenvalue weighted by atomic mass is 9.90. The van der Waals surface area contributed by atoms with E-state index in [9.17, 15) is 9.18 Å². The van der Waals surface area contributed by atoms with Crippen LogP contribution in [0, 0.1) is 12.7 Å². The van der Waals surface area contributed by atoms with Crippen LogP contribution < -0.4 is 5.69 Å². The molecule has 4 rings (SSSR count). The Morgan fingerprint density at radius 3 is 2.50 bits per heavy atom. The smallest absolute Gasteiger partial charge is 0.326 e. The summed E-state index contributed by atoms with van der Waals surface area (Å²) < 4.78 is 27.0. The van der Waals surface area contributed by atoms with Crippen LogP contribution in [0.5, 0.6) is 0 Å². The van der Waals surface area contributed by atoms with E-state index in [0.717, 1.165) is 50.9 Å². The molecule has 2 aromatic rings. The number of aromatic nitrogens is 2. The number of aryl methyl sites for hydroxylation is 1. The minimum absolute atomic E-state index is 0.127. The van der Waals surface area contributed by atoms with Gasteiger partial charge in [-0.15, -0.1) is 0 Å². The molecule has 2 aliphatic rings. The van der Waals surface area contributed by atoms with Gasteiger partial charge in [0.05, 0.1) is 30.4 Å². The zero-order valence-corrected chi connectivity index (χ0v) is 18.2. The number of nitrogens with one attached hydrogen (secondary N) is 1. The summed E-state index contributed by atoms with van der Waals surface area (Å²) in [5.41, 5.74) is 1.86. The number of fused-ring (bicyclic) bond motifs is 1. The average Bonchev–Trinajstić information content (AvgIpc) is 3.07. The SMILES string of the molecule is CCOCCOC1CCC(N2CCC(n3c(=O)[nH]c4cc(F)c(C)cc43)CC2)CC1. The normalized spacial score (nSPS) is 24.0. The maximum atomic E-state index is 13.9. The predicted octanol–water partition coefficient (Wildman–Crippen LogP) is 3.78. The zero-order chi connectivity index (χ0) is 21.1. The van der Waals surface area contributed by atoms with Crippen LogP contribution >= 0.6 is 0 Å². The van der Waals surface area contributed by atoms with Crippen molar-refractivity contribution in [2.75, 3.05) is 32.9 Å². The van der Waals surface area contributed by atoms with Crippen LogP contribution in [0.4, 0.5) is 4.39 Å². The Hall–Kier alpha value is -1.70. The molecule has 1 aliphatic heterocycles. The first-order valence-electron chi connectivity index (χ1n) is 11.4. The van der Waals surface area contributed by atoms with Crippen molar-refractivity contribution in [3.63, 3.8) is 0 Å². The minimum atomic E-state index is -0.275. The number of hydrogen-bond donors (Lipinski definition) is 1. The number of piperidine rings is 1. The summed E-state index contributed by atoms with van der Waals surface area (Å²) in [5.74, 6) is -0.275. The number of halogens is 1. The van der Waals surface area contributed by atoms with E-state index in [1.807, 2.05) is 11.5 Å². The predicted molar refractivity (Wildman–Crippen MR) is 116 cm³/mol. The molecule has 1 aromatic heterocycles. The highest BCUT2D eigenvalue weighted by Gasteiger charge is 2.30. The first-order chi connectivity index (χ1) is 14.6. The number of benzene rings is 1. The van der Waals surface area contributed by atoms with E-state index in [1.165, 1.54) is 18.9 Å². The number of aromatic amines is 1. The molecule has 2 fully saturated rings. The third-order valence-electron chi connectivity index (χ3n) is 6.81. The van der Waals surface area contributed by atoms with Crippen LogP contribution in [0.2, 0.25) is 0 Å². The van der Waals surface area contributed by atoms with Crippen molar-refractivity contribution in [1.29, 1.82) is 0 Å². The third-order valence-corrected chi connectivity index (χ3v) is 6.81. The van der Waals surface area contributed by atoms with Crippen LogP contribution in [0.15, 0.2) is 16.9 Å². The lowest BCUT2D eigenvalue weighted by Gasteiger charge is -2.41. The first kappa shape index (κ1) is 21.5. The summed E-state index contributed by atoms with van der Waals surface area (Å²) >= 11 is 0. The second-order valence-corrected chi connectivity index (χ2v) is 8.68. The van der Waals surface area contributed by atoms with Gasteiger partial charge in [-0.25, -0.2) is 9.18 Å². The molecular weight excluding hydrogens is 385 g/mol. The van der Waals surface area contributed by atoms with Crippen molar-refractivity contribution >= 4 is 11.0 Å². The molecule has 0 atom stereocenters. The number of ether oxygens (including phenoxy) is 2. The number of rotatable bonds is 7. The Labute approximate surface area is 177 Å². The Morgan fingerprint density at radius 1 is 1.07 bits per heavy atom. The van der Waals surface area contributed by atoms with E-state index in [2.05, 4.69) is 9.88 Å². The lowest BCUT2D eigenvalue weighted by molar-refractivity contribution is -0.0228. The van der Waals surface area contributed by atoms with Gasteiger partial charge in [0.2, 0.25) is 0 Å². The van der Waals surface area contributed by atoms with Gasteiger partial charge in [-0.1, -0.05) is 0 Å². The zero-order valence-electron chi connectivity index (χ0n) is 18.2. The van der Waals surface area contributed by atoms with E-state index in [4.69, 9.17) is 9.47 Å². The summed E-state index contributed by atoms with van der Waals surface area (Å²) in [6.07, 6.45) is 6.85. The molecule has 0 amide bonds. The van der Waals surface area contributed by atoms with E-state index < -0.39 is 0 Å². The van der Waals surface area contributed by atoms with Gasteiger partial charge < -0.3 is 19.4 Å². The first-order valence-corrected chi connectivity index (χ1v) is 11.4. The van der Waals surface area contributed by atoms with Crippen LogP contribution in [0.3, 0.4) is 0 Å². The van der Waals surface area contributed by atoms with Gasteiger partial charge in [-0.3, -0.25) is 4.57 Å². The number of hydrogen-bond acceptors (Lipinski definition) is 4. The topological polar surface area (TPSA) is 59.5 Å². The van der Waals surface area contributed by atoms with Crippen molar-refractivity contribution in [1.82, 2.24) is 14.5 Å². The fourth-order valence-corrected chi connectivity index (χ4v) is 5.12. The fourth-order valence-electron chi connectivity index (χ4n) is 5.12. The Bertz CT molecular complexity index is 893. The number of likely N-dealkylation sites (tertiary alicyclic amines) is 1. The van der Waals surface area contributed by atoms with E-state index in [1.54, 1.807) is 13.0 Å². The maximum absolute atomic E-state index is 13.9. The number of nitrogens with zero attached hydrogens (tertiary/aromatic N) is 2. The van der Waals surface area contributed by atoms with E-state index >= 15 is 0 Å². The Balaban J connectivity index is 1.31. The molecule has 1 aromatic carbocycles. The monoisotopic (exact) mass is 419 g/mol. The standard InChI is InChI=1S/C23H34FN3O3/c1-3-29-12-13-30-19-6-4-17(5-7-19)26-10-8-18(9-11-26)27-22-14-16(2)20(24)15-21(22)25-23(27)28/h14-15,17-19H,3-13H2,1-2H3,(H,25,28). The van der Waals surface area contributed by atoms with Gasteiger partial charge >= 0.3 is 5.69 Å². The van der Waals surface area contributed by atoms with Crippen molar-refractivity contribution in [3.8, 4) is 0 Å². The summed E-state index contributed by atoms with van der Waals surface area (Å²) in [6, 6.07) is 4.02. The second kappa shape index (κ2) is 9.62. The largest absolute Gasteiger partial charge is 0.379 e. The van der Waals surface area contributed by atoms with Gasteiger partial charge in [-0.2, -0.15) is 0 Å². The molecule has 1 aliphatic carbocycles. The highest BCUT2D eigenvalue weighted by Crippen LogP contribution is 2.31. The van der Waals surface area contributed by atoms with E-state index in [-0.39, 0.29) is 17.5 Å². The summed E-state index contributed by atoms with van der Waals surface area (Å²) in [4.78, 5) is 18.0. The van der Waals surface area contributed by atoms with Crippen molar-refractivity contribution in [3.05, 3.63) is 34.0 Å². The molecule has 2 heterocycles. The van der Waals surface area contributed by atoms with Gasteiger partial charge in [0.1, 0.15) is 5.82 Å². The van der Waals surface area contributed by atoms with Crippen molar-refractivity contribution in [2.45, 2.75) is 70.6 Å². The minimum Gasteiger partial charge on any atom is -0.379 e. The Morgan fingerprint density at radius 2 is 1.80 bits per heavy atom. The van der Waals surface area contributed by atoms with Crippen molar-refractivity contribution in [2.24, 2.45) is 0 Å². The average molecular weight is 420 g/mol. The van der Waals surface area contributed by atoms with Gasteiger partial charge in [0.25, 0.3) is 0 Å². The summed E-state index contributed by atoms with van der Waals surface area (Å²) in [7, 11) is 0. The van der Waals surface area contributed by atoms with Gasteiger partial charge in [-0.05, 0) is 70.1 Å². The molecule has 0 spiro atoms. The molecule has 0 bridgehead atoms. The highest BCUT2D eigenvalue weighted by atomic mass is 19.1. The quantitative estimate of drug-likeness (QED) is 0.694. The Kier molecular flexibility index (Phi) is 6.91. The molecule has 30 heavy (non-hydrogen) atoms. The highest BCUT2D eigenvalue weighted by molar-refractivity contribution is 5.76. The van der Waals surface area contributed by atoms with Crippen LogP contribution in [0.1, 0.15) is 57.1 Å². The van der Waals surface area contributed by atoms with Gasteiger partial charge in [0, 0.05) is 31.8 Å². The van der Waals surface area contributed by atoms with E-state index in [0.29, 0.717) is 36.4 Å². The fraction of sp³-hybridized carbons (Fsp3) is 0.696. The molecule has 6 nitrogen and oxygen atoms in total. The van der Waals surface area contributed by atoms with Crippen molar-refractivity contribution < 1.29 is 13.9 Å². The summed E-state index contributed by atoms with van der Waals surface area (Å²) in [6.45, 7) is 7.88. The molecule has 1 saturated heterocycles. The maximum Gasteiger partial charge on any atom is 0.326 e. The molecule has 0 radical (unpaired) electrons. The number of imidazole rings is 1. The molecule has 1 N–H and O–H groups in total. The lowest BCUT2D eigenvalue weighted by Crippen LogP contribution is -2.45. The summed E-state index contributed by atoms with van der Waals surface area (Å²) in [5, 5.41) is 0. The number of H-pyrrole nitrogens is 1. The van der Waals surface area contributed by atoms with Crippen LogP contribution in [0.25, 0.3) is 11.0 Å². The molecule has 0 unspecified atom stereocenters. The van der Waals surface area contributed by atoms with Crippen LogP contribution in [-0.2, 0) is 9.47 Å². The molecule has 7 heteroatoms. The second-order valence-electron chi connectivity index (χ2n) is 8.68. The molecule has 166 valence electrons. The van der Waals surface area contributed by atoms with Crippen LogP contribution in [-0.4, -0.2) is 59.5 Å². The third kappa shape index (κ3) is 4.63.